The Morgan fingerprint density at radius 3 is 1.40 bits per heavy atom. The summed E-state index contributed by atoms with van der Waals surface area (Å²) in [6, 6.07) is -0.718. The number of rotatable bonds is 44. The third kappa shape index (κ3) is 33.0. The van der Waals surface area contributed by atoms with Crippen LogP contribution in [0.25, 0.3) is 0 Å². The normalized spacial score (nSPS) is 20.5. The summed E-state index contributed by atoms with van der Waals surface area (Å²) < 4.78 is 11.3. The molecule has 0 aromatic heterocycles. The lowest BCUT2D eigenvalue weighted by molar-refractivity contribution is -0.302. The first kappa shape index (κ1) is 58.4. The number of carbonyl (C=O) groups excluding carboxylic acids is 1. The van der Waals surface area contributed by atoms with Crippen LogP contribution in [0.15, 0.2) is 36.5 Å². The van der Waals surface area contributed by atoms with E-state index in [4.69, 9.17) is 9.47 Å². The highest BCUT2D eigenvalue weighted by Gasteiger charge is 2.44. The average Bonchev–Trinajstić information content (AvgIpc) is 3.27. The molecule has 1 aliphatic rings. The molecule has 1 rings (SSSR count). The Morgan fingerprint density at radius 2 is 0.952 bits per heavy atom. The maximum absolute atomic E-state index is 13.0. The molecule has 1 saturated heterocycles. The van der Waals surface area contributed by atoms with E-state index in [2.05, 4.69) is 55.6 Å². The Labute approximate surface area is 381 Å². The van der Waals surface area contributed by atoms with Gasteiger partial charge in [-0.25, -0.2) is 0 Å². The fraction of sp³-hybridized carbons (Fsp3) is 0.868. The second-order valence-electron chi connectivity index (χ2n) is 18.3. The highest BCUT2D eigenvalue weighted by atomic mass is 16.7. The number of unbranched alkanes of at least 4 members (excludes halogenated alkanes) is 28. The maximum Gasteiger partial charge on any atom is 0.220 e. The van der Waals surface area contributed by atoms with Gasteiger partial charge in [0.2, 0.25) is 5.91 Å². The molecule has 7 unspecified atom stereocenters. The smallest absolute Gasteiger partial charge is 0.220 e. The SMILES string of the molecule is CCCCCCC/C=C\C/C=C\C/C=C\CCCCCCCCCCCCCCC(=O)NC(COC1OC(CO)C(O)C(O)C1O)C(O)CCCCCCCCCCCCCC. The highest BCUT2D eigenvalue weighted by Crippen LogP contribution is 2.23. The van der Waals surface area contributed by atoms with E-state index in [1.165, 1.54) is 161 Å². The second kappa shape index (κ2) is 43.3. The lowest BCUT2D eigenvalue weighted by Gasteiger charge is -2.40. The summed E-state index contributed by atoms with van der Waals surface area (Å²) in [6.07, 6.45) is 47.3. The van der Waals surface area contributed by atoms with Crippen LogP contribution in [0.4, 0.5) is 0 Å². The number of hydrogen-bond donors (Lipinski definition) is 6. The quantitative estimate of drug-likeness (QED) is 0.0262. The number of aliphatic hydroxyl groups excluding tert-OH is 5. The fourth-order valence-corrected chi connectivity index (χ4v) is 8.29. The summed E-state index contributed by atoms with van der Waals surface area (Å²) in [4.78, 5) is 13.0. The fourth-order valence-electron chi connectivity index (χ4n) is 8.29. The Hall–Kier alpha value is -1.59. The van der Waals surface area contributed by atoms with Crippen molar-refractivity contribution in [3.05, 3.63) is 36.5 Å². The van der Waals surface area contributed by atoms with E-state index < -0.39 is 49.5 Å². The van der Waals surface area contributed by atoms with Gasteiger partial charge in [-0.15, -0.1) is 0 Å². The number of aliphatic hydroxyl groups is 5. The Bertz CT molecular complexity index is 1070. The van der Waals surface area contributed by atoms with Gasteiger partial charge in [0.25, 0.3) is 0 Å². The van der Waals surface area contributed by atoms with Crippen molar-refractivity contribution in [2.24, 2.45) is 0 Å². The lowest BCUT2D eigenvalue weighted by Crippen LogP contribution is -2.60. The van der Waals surface area contributed by atoms with Crippen LogP contribution >= 0.6 is 0 Å². The lowest BCUT2D eigenvalue weighted by atomic mass is 9.99. The molecule has 9 heteroatoms. The monoisotopic (exact) mass is 878 g/mol. The average molecular weight is 878 g/mol. The van der Waals surface area contributed by atoms with Gasteiger partial charge in [0.1, 0.15) is 24.4 Å². The molecule has 6 N–H and O–H groups in total. The summed E-state index contributed by atoms with van der Waals surface area (Å²) in [5.41, 5.74) is 0. The number of hydrogen-bond acceptors (Lipinski definition) is 8. The Kier molecular flexibility index (Phi) is 40.8. The minimum Gasteiger partial charge on any atom is -0.394 e. The van der Waals surface area contributed by atoms with E-state index >= 15 is 0 Å². The maximum atomic E-state index is 13.0. The molecule has 0 aromatic rings. The van der Waals surface area contributed by atoms with E-state index in [-0.39, 0.29) is 12.5 Å². The van der Waals surface area contributed by atoms with Crippen LogP contribution in [-0.4, -0.2) is 87.5 Å². The summed E-state index contributed by atoms with van der Waals surface area (Å²) in [5.74, 6) is -0.147. The number of carbonyl (C=O) groups is 1. The van der Waals surface area contributed by atoms with Gasteiger partial charge in [-0.05, 0) is 51.4 Å². The highest BCUT2D eigenvalue weighted by molar-refractivity contribution is 5.76. The number of nitrogens with one attached hydrogen (secondary N) is 1. The van der Waals surface area contributed by atoms with Gasteiger partial charge in [-0.1, -0.05) is 217 Å². The standard InChI is InChI=1S/C53H99NO8/c1-3-5-7-9-11-13-15-17-18-19-20-21-22-23-24-25-26-27-28-29-30-31-33-35-37-39-41-43-49(57)54-46(45-61-53-52(60)51(59)50(58)48(44-55)62-53)47(56)42-40-38-36-34-32-16-14-12-10-8-6-4-2/h15,17,19-20,22-23,46-48,50-53,55-56,58-60H,3-14,16,18,21,24-45H2,1-2H3,(H,54,57)/b17-15-,20-19-,23-22-. The molecular weight excluding hydrogens is 779 g/mol. The van der Waals surface area contributed by atoms with Crippen LogP contribution < -0.4 is 5.32 Å². The van der Waals surface area contributed by atoms with Crippen LogP contribution in [0.1, 0.15) is 239 Å². The molecule has 1 aliphatic heterocycles. The van der Waals surface area contributed by atoms with Crippen molar-refractivity contribution in [2.75, 3.05) is 13.2 Å². The topological polar surface area (TPSA) is 149 Å². The van der Waals surface area contributed by atoms with E-state index in [9.17, 15) is 30.3 Å². The molecule has 1 amide bonds. The van der Waals surface area contributed by atoms with Crippen LogP contribution in [0.3, 0.4) is 0 Å². The van der Waals surface area contributed by atoms with Crippen LogP contribution in [0, 0.1) is 0 Å². The second-order valence-corrected chi connectivity index (χ2v) is 18.3. The third-order valence-corrected chi connectivity index (χ3v) is 12.5. The Morgan fingerprint density at radius 1 is 0.548 bits per heavy atom. The van der Waals surface area contributed by atoms with Crippen LogP contribution in [0.2, 0.25) is 0 Å². The van der Waals surface area contributed by atoms with Crippen LogP contribution in [0.5, 0.6) is 0 Å². The van der Waals surface area contributed by atoms with Gasteiger partial charge in [-0.2, -0.15) is 0 Å². The van der Waals surface area contributed by atoms with Crippen molar-refractivity contribution < 1.29 is 39.8 Å². The summed E-state index contributed by atoms with van der Waals surface area (Å²) in [5, 5.41) is 54.4. The predicted molar refractivity (Wildman–Crippen MR) is 258 cm³/mol. The van der Waals surface area contributed by atoms with E-state index in [1.807, 2.05) is 0 Å². The molecule has 0 aromatic carbocycles. The van der Waals surface area contributed by atoms with Crippen molar-refractivity contribution in [1.29, 1.82) is 0 Å². The molecule has 62 heavy (non-hydrogen) atoms. The molecule has 1 fully saturated rings. The molecule has 0 spiro atoms. The van der Waals surface area contributed by atoms with Crippen molar-refractivity contribution >= 4 is 5.91 Å². The number of allylic oxidation sites excluding steroid dienone is 6. The molecular formula is C53H99NO8. The van der Waals surface area contributed by atoms with Gasteiger partial charge in [-0.3, -0.25) is 4.79 Å². The van der Waals surface area contributed by atoms with Crippen molar-refractivity contribution in [3.63, 3.8) is 0 Å². The molecule has 364 valence electrons. The van der Waals surface area contributed by atoms with E-state index in [0.29, 0.717) is 12.8 Å². The first-order chi connectivity index (χ1) is 30.3. The molecule has 1 heterocycles. The van der Waals surface area contributed by atoms with Gasteiger partial charge in [0, 0.05) is 6.42 Å². The molecule has 0 bridgehead atoms. The van der Waals surface area contributed by atoms with Crippen molar-refractivity contribution in [3.8, 4) is 0 Å². The van der Waals surface area contributed by atoms with E-state index in [0.717, 1.165) is 51.4 Å². The molecule has 0 saturated carbocycles. The molecule has 0 radical (unpaired) electrons. The van der Waals surface area contributed by atoms with Gasteiger partial charge >= 0.3 is 0 Å². The van der Waals surface area contributed by atoms with Gasteiger partial charge in [0.15, 0.2) is 6.29 Å². The minimum atomic E-state index is -1.55. The number of amides is 1. The Balaban J connectivity index is 2.19. The minimum absolute atomic E-state index is 0.138. The van der Waals surface area contributed by atoms with Crippen LogP contribution in [-0.2, 0) is 14.3 Å². The van der Waals surface area contributed by atoms with Crippen molar-refractivity contribution in [1.82, 2.24) is 5.32 Å². The zero-order valence-electron chi connectivity index (χ0n) is 40.1. The molecule has 7 atom stereocenters. The first-order valence-electron chi connectivity index (χ1n) is 26.2. The first-order valence-corrected chi connectivity index (χ1v) is 26.2. The summed E-state index contributed by atoms with van der Waals surface area (Å²) in [6.45, 7) is 3.82. The number of ether oxygens (including phenoxy) is 2. The molecule has 0 aliphatic carbocycles. The predicted octanol–water partition coefficient (Wildman–Crippen LogP) is 12.0. The third-order valence-electron chi connectivity index (χ3n) is 12.5. The van der Waals surface area contributed by atoms with Gasteiger partial charge in [0.05, 0.1) is 25.4 Å². The largest absolute Gasteiger partial charge is 0.394 e. The molecule has 9 nitrogen and oxygen atoms in total. The summed E-state index contributed by atoms with van der Waals surface area (Å²) >= 11 is 0. The van der Waals surface area contributed by atoms with E-state index in [1.54, 1.807) is 0 Å². The van der Waals surface area contributed by atoms with Crippen molar-refractivity contribution in [2.45, 2.75) is 281 Å². The zero-order chi connectivity index (χ0) is 45.1. The zero-order valence-corrected chi connectivity index (χ0v) is 40.1. The van der Waals surface area contributed by atoms with Gasteiger partial charge < -0.3 is 40.3 Å². The summed E-state index contributed by atoms with van der Waals surface area (Å²) in [7, 11) is 0.